The van der Waals surface area contributed by atoms with Crippen molar-refractivity contribution < 1.29 is 14.3 Å². The van der Waals surface area contributed by atoms with Crippen LogP contribution in [-0.4, -0.2) is 29.9 Å². The lowest BCUT2D eigenvalue weighted by atomic mass is 10.2. The van der Waals surface area contributed by atoms with E-state index in [1.807, 2.05) is 18.2 Å². The maximum Gasteiger partial charge on any atom is 0.273 e. The summed E-state index contributed by atoms with van der Waals surface area (Å²) in [6.45, 7) is 2.68. The summed E-state index contributed by atoms with van der Waals surface area (Å²) in [5, 5.41) is 0. The van der Waals surface area contributed by atoms with Gasteiger partial charge in [0.05, 0.1) is 22.1 Å². The summed E-state index contributed by atoms with van der Waals surface area (Å²) in [5.74, 6) is 1.88. The number of carbonyl (C=O) groups excluding carboxylic acids is 2. The van der Waals surface area contributed by atoms with Gasteiger partial charge in [-0.05, 0) is 18.6 Å². The fraction of sp³-hybridized carbons (Fsp3) is 0.375. The number of carbonyl (C=O) groups is 2. The molecule has 0 fully saturated rings. The standard InChI is InChI=1S/C16H17NO3S2/c1-2-3-8-20-12-7-5-4-6-11(12)17-15(18)13-14(16(17)19)22-10-9-21-13/h4-7H,2-3,8-10H2,1H3. The number of anilines is 1. The number of unbranched alkanes of at least 4 members (excludes halogenated alkanes) is 1. The normalized spacial score (nSPS) is 18.0. The Morgan fingerprint density at radius 2 is 1.73 bits per heavy atom. The monoisotopic (exact) mass is 335 g/mol. The average molecular weight is 335 g/mol. The lowest BCUT2D eigenvalue weighted by molar-refractivity contribution is -0.120. The first-order valence-corrected chi connectivity index (χ1v) is 9.31. The fourth-order valence-corrected chi connectivity index (χ4v) is 4.64. The molecule has 0 spiro atoms. The van der Waals surface area contributed by atoms with E-state index < -0.39 is 0 Å². The molecule has 2 aliphatic heterocycles. The zero-order valence-corrected chi connectivity index (χ0v) is 14.0. The second kappa shape index (κ2) is 6.79. The Kier molecular flexibility index (Phi) is 4.78. The highest BCUT2D eigenvalue weighted by Gasteiger charge is 2.42. The minimum Gasteiger partial charge on any atom is -0.491 e. The van der Waals surface area contributed by atoms with Crippen LogP contribution < -0.4 is 9.64 Å². The van der Waals surface area contributed by atoms with Crippen molar-refractivity contribution in [1.29, 1.82) is 0 Å². The van der Waals surface area contributed by atoms with Gasteiger partial charge in [-0.3, -0.25) is 9.59 Å². The van der Waals surface area contributed by atoms with E-state index in [2.05, 4.69) is 6.92 Å². The van der Waals surface area contributed by atoms with E-state index in [4.69, 9.17) is 4.74 Å². The summed E-state index contributed by atoms with van der Waals surface area (Å²) < 4.78 is 5.76. The van der Waals surface area contributed by atoms with Crippen LogP contribution in [0.1, 0.15) is 19.8 Å². The van der Waals surface area contributed by atoms with Crippen LogP contribution in [0.25, 0.3) is 0 Å². The predicted molar refractivity (Wildman–Crippen MR) is 91.3 cm³/mol. The van der Waals surface area contributed by atoms with E-state index in [1.165, 1.54) is 28.4 Å². The zero-order chi connectivity index (χ0) is 15.5. The first kappa shape index (κ1) is 15.5. The molecule has 0 saturated carbocycles. The molecule has 3 rings (SSSR count). The molecule has 0 aromatic heterocycles. The number of ether oxygens (including phenoxy) is 1. The highest BCUT2D eigenvalue weighted by molar-refractivity contribution is 8.11. The summed E-state index contributed by atoms with van der Waals surface area (Å²) in [4.78, 5) is 27.6. The van der Waals surface area contributed by atoms with Gasteiger partial charge in [-0.1, -0.05) is 25.5 Å². The van der Waals surface area contributed by atoms with Crippen molar-refractivity contribution in [2.24, 2.45) is 0 Å². The fourth-order valence-electron chi connectivity index (χ4n) is 2.34. The molecule has 2 amide bonds. The lowest BCUT2D eigenvalue weighted by Crippen LogP contribution is -2.31. The summed E-state index contributed by atoms with van der Waals surface area (Å²) in [7, 11) is 0. The predicted octanol–water partition coefficient (Wildman–Crippen LogP) is 3.43. The molecule has 1 aromatic rings. The van der Waals surface area contributed by atoms with Crippen molar-refractivity contribution in [2.75, 3.05) is 23.0 Å². The van der Waals surface area contributed by atoms with Crippen LogP contribution in [0.5, 0.6) is 5.75 Å². The SMILES string of the molecule is CCCCOc1ccccc1N1C(=O)C2=C(SCCS2)C1=O. The molecule has 0 saturated heterocycles. The van der Waals surface area contributed by atoms with E-state index in [9.17, 15) is 9.59 Å². The Bertz CT molecular complexity index is 614. The number of rotatable bonds is 5. The number of imide groups is 1. The van der Waals surface area contributed by atoms with Gasteiger partial charge in [-0.15, -0.1) is 23.5 Å². The van der Waals surface area contributed by atoms with Crippen LogP contribution in [-0.2, 0) is 9.59 Å². The first-order valence-electron chi connectivity index (χ1n) is 7.34. The highest BCUT2D eigenvalue weighted by atomic mass is 32.2. The lowest BCUT2D eigenvalue weighted by Gasteiger charge is -2.18. The minimum absolute atomic E-state index is 0.219. The third kappa shape index (κ3) is 2.77. The average Bonchev–Trinajstić information content (AvgIpc) is 2.80. The van der Waals surface area contributed by atoms with Gasteiger partial charge in [-0.2, -0.15) is 0 Å². The Balaban J connectivity index is 1.89. The second-order valence-corrected chi connectivity index (χ2v) is 7.18. The zero-order valence-electron chi connectivity index (χ0n) is 12.3. The van der Waals surface area contributed by atoms with Crippen LogP contribution in [0, 0.1) is 0 Å². The molecule has 0 unspecified atom stereocenters. The molecule has 2 aliphatic rings. The third-order valence-corrected chi connectivity index (χ3v) is 5.98. The second-order valence-electron chi connectivity index (χ2n) is 4.97. The van der Waals surface area contributed by atoms with Crippen LogP contribution in [0.2, 0.25) is 0 Å². The number of thioether (sulfide) groups is 2. The summed E-state index contributed by atoms with van der Waals surface area (Å²) in [6.07, 6.45) is 1.98. The number of amides is 2. The third-order valence-electron chi connectivity index (χ3n) is 3.44. The molecular weight excluding hydrogens is 318 g/mol. The molecule has 0 radical (unpaired) electrons. The van der Waals surface area contributed by atoms with Crippen LogP contribution in [0.4, 0.5) is 5.69 Å². The molecule has 6 heteroatoms. The van der Waals surface area contributed by atoms with Crippen LogP contribution in [0.3, 0.4) is 0 Å². The van der Waals surface area contributed by atoms with Gasteiger partial charge in [0.15, 0.2) is 0 Å². The molecular formula is C16H17NO3S2. The minimum atomic E-state index is -0.219. The van der Waals surface area contributed by atoms with Gasteiger partial charge in [-0.25, -0.2) is 4.90 Å². The largest absolute Gasteiger partial charge is 0.491 e. The number of nitrogens with zero attached hydrogens (tertiary/aromatic N) is 1. The van der Waals surface area contributed by atoms with Crippen LogP contribution >= 0.6 is 23.5 Å². The van der Waals surface area contributed by atoms with Crippen molar-refractivity contribution in [3.63, 3.8) is 0 Å². The van der Waals surface area contributed by atoms with Gasteiger partial charge in [0, 0.05) is 11.5 Å². The molecule has 0 aliphatic carbocycles. The van der Waals surface area contributed by atoms with E-state index in [-0.39, 0.29) is 11.8 Å². The van der Waals surface area contributed by atoms with Gasteiger partial charge in [0.25, 0.3) is 11.8 Å². The number of para-hydroxylation sites is 2. The van der Waals surface area contributed by atoms with Gasteiger partial charge in [0.2, 0.25) is 0 Å². The molecule has 0 N–H and O–H groups in total. The van der Waals surface area contributed by atoms with E-state index >= 15 is 0 Å². The van der Waals surface area contributed by atoms with Crippen molar-refractivity contribution in [3.05, 3.63) is 34.1 Å². The summed E-state index contributed by atoms with van der Waals surface area (Å²) in [5.41, 5.74) is 0.546. The van der Waals surface area contributed by atoms with E-state index in [1.54, 1.807) is 6.07 Å². The van der Waals surface area contributed by atoms with Crippen molar-refractivity contribution >= 4 is 41.0 Å². The smallest absolute Gasteiger partial charge is 0.273 e. The summed E-state index contributed by atoms with van der Waals surface area (Å²) >= 11 is 2.95. The topological polar surface area (TPSA) is 46.6 Å². The van der Waals surface area contributed by atoms with Crippen molar-refractivity contribution in [2.45, 2.75) is 19.8 Å². The van der Waals surface area contributed by atoms with Gasteiger partial charge in [0.1, 0.15) is 5.75 Å². The van der Waals surface area contributed by atoms with E-state index in [0.29, 0.717) is 27.9 Å². The van der Waals surface area contributed by atoms with Crippen molar-refractivity contribution in [1.82, 2.24) is 0 Å². The first-order chi connectivity index (χ1) is 10.7. The molecule has 0 atom stereocenters. The number of hydrogen-bond acceptors (Lipinski definition) is 5. The summed E-state index contributed by atoms with van der Waals surface area (Å²) in [6, 6.07) is 7.25. The number of benzene rings is 1. The molecule has 2 heterocycles. The van der Waals surface area contributed by atoms with E-state index in [0.717, 1.165) is 24.3 Å². The molecule has 1 aromatic carbocycles. The Morgan fingerprint density at radius 1 is 1.09 bits per heavy atom. The Hall–Kier alpha value is -1.40. The quantitative estimate of drug-likeness (QED) is 0.609. The van der Waals surface area contributed by atoms with Crippen LogP contribution in [0.15, 0.2) is 34.1 Å². The molecule has 4 nitrogen and oxygen atoms in total. The molecule has 116 valence electrons. The van der Waals surface area contributed by atoms with Gasteiger partial charge >= 0.3 is 0 Å². The highest BCUT2D eigenvalue weighted by Crippen LogP contribution is 2.44. The Morgan fingerprint density at radius 3 is 2.36 bits per heavy atom. The molecule has 0 bridgehead atoms. The maximum atomic E-state index is 12.6. The van der Waals surface area contributed by atoms with Crippen molar-refractivity contribution in [3.8, 4) is 5.75 Å². The maximum absolute atomic E-state index is 12.6. The van der Waals surface area contributed by atoms with Gasteiger partial charge < -0.3 is 4.74 Å². The number of hydrogen-bond donors (Lipinski definition) is 0. The molecule has 22 heavy (non-hydrogen) atoms. The Labute approximate surface area is 138 Å².